The molecular formula is C12H20N2O2. The summed E-state index contributed by atoms with van der Waals surface area (Å²) in [5.41, 5.74) is -0.212. The molecule has 0 aromatic rings. The minimum absolute atomic E-state index is 0.00694. The summed E-state index contributed by atoms with van der Waals surface area (Å²) in [6.07, 6.45) is 6.73. The van der Waals surface area contributed by atoms with Gasteiger partial charge in [0.2, 0.25) is 5.91 Å². The molecule has 3 amide bonds. The Bertz CT molecular complexity index is 275. The minimum Gasteiger partial charge on any atom is -0.332 e. The Labute approximate surface area is 96.4 Å². The Morgan fingerprint density at radius 1 is 1.25 bits per heavy atom. The lowest BCUT2D eigenvalue weighted by molar-refractivity contribution is -0.132. The van der Waals surface area contributed by atoms with Gasteiger partial charge in [0.15, 0.2) is 0 Å². The molecule has 1 aliphatic heterocycles. The zero-order valence-electron chi connectivity index (χ0n) is 9.92. The van der Waals surface area contributed by atoms with Gasteiger partial charge in [-0.15, -0.1) is 0 Å². The van der Waals surface area contributed by atoms with Crippen molar-refractivity contribution in [3.05, 3.63) is 0 Å². The van der Waals surface area contributed by atoms with E-state index in [1.54, 1.807) is 0 Å². The summed E-state index contributed by atoms with van der Waals surface area (Å²) in [6, 6.07) is -0.181. The Morgan fingerprint density at radius 3 is 2.50 bits per heavy atom. The number of nitrogens with zero attached hydrogens (tertiary/aromatic N) is 1. The molecule has 90 valence electrons. The van der Waals surface area contributed by atoms with Crippen molar-refractivity contribution in [2.75, 3.05) is 6.54 Å². The van der Waals surface area contributed by atoms with Crippen LogP contribution in [0.3, 0.4) is 0 Å². The van der Waals surface area contributed by atoms with Crippen LogP contribution in [0.15, 0.2) is 0 Å². The van der Waals surface area contributed by atoms with Gasteiger partial charge < -0.3 is 5.32 Å². The second-order valence-corrected chi connectivity index (χ2v) is 4.99. The summed E-state index contributed by atoms with van der Waals surface area (Å²) >= 11 is 0. The maximum absolute atomic E-state index is 11.9. The van der Waals surface area contributed by atoms with Crippen molar-refractivity contribution in [1.29, 1.82) is 0 Å². The van der Waals surface area contributed by atoms with E-state index in [1.165, 1.54) is 11.3 Å². The minimum atomic E-state index is -0.212. The van der Waals surface area contributed by atoms with Gasteiger partial charge >= 0.3 is 6.03 Å². The van der Waals surface area contributed by atoms with Crippen molar-refractivity contribution >= 4 is 11.9 Å². The van der Waals surface area contributed by atoms with E-state index in [-0.39, 0.29) is 17.5 Å². The number of urea groups is 1. The molecular weight excluding hydrogens is 204 g/mol. The third kappa shape index (κ3) is 2.06. The zero-order chi connectivity index (χ0) is 11.6. The molecule has 1 aliphatic carbocycles. The van der Waals surface area contributed by atoms with Gasteiger partial charge in [0.05, 0.1) is 12.0 Å². The van der Waals surface area contributed by atoms with Crippen LogP contribution in [0.4, 0.5) is 4.79 Å². The lowest BCUT2D eigenvalue weighted by Gasteiger charge is -2.43. The van der Waals surface area contributed by atoms with E-state index in [0.717, 1.165) is 32.1 Å². The van der Waals surface area contributed by atoms with Crippen LogP contribution in [0.25, 0.3) is 0 Å². The van der Waals surface area contributed by atoms with Crippen molar-refractivity contribution in [3.63, 3.8) is 0 Å². The number of amides is 3. The molecule has 1 heterocycles. The molecule has 0 unspecified atom stereocenters. The number of imide groups is 1. The smallest absolute Gasteiger partial charge is 0.324 e. The van der Waals surface area contributed by atoms with Crippen LogP contribution in [-0.2, 0) is 4.79 Å². The summed E-state index contributed by atoms with van der Waals surface area (Å²) < 4.78 is 0. The van der Waals surface area contributed by atoms with Crippen LogP contribution in [0.1, 0.15) is 51.9 Å². The molecule has 1 N–H and O–H groups in total. The summed E-state index contributed by atoms with van der Waals surface area (Å²) in [4.78, 5) is 25.2. The molecule has 1 saturated carbocycles. The first-order valence-electron chi connectivity index (χ1n) is 6.29. The number of hydrogen-bond acceptors (Lipinski definition) is 2. The number of rotatable bonds is 2. The van der Waals surface area contributed by atoms with E-state index < -0.39 is 0 Å². The molecule has 0 aromatic carbocycles. The number of hydrogen-bond donors (Lipinski definition) is 1. The quantitative estimate of drug-likeness (QED) is 0.780. The van der Waals surface area contributed by atoms with E-state index in [1.807, 2.05) is 6.92 Å². The van der Waals surface area contributed by atoms with E-state index in [2.05, 4.69) is 5.32 Å². The summed E-state index contributed by atoms with van der Waals surface area (Å²) in [7, 11) is 0. The van der Waals surface area contributed by atoms with Gasteiger partial charge in [-0.2, -0.15) is 0 Å². The number of carbonyl (C=O) groups excluding carboxylic acids is 2. The lowest BCUT2D eigenvalue weighted by atomic mass is 9.78. The van der Waals surface area contributed by atoms with Crippen LogP contribution in [0.5, 0.6) is 0 Å². The first-order valence-corrected chi connectivity index (χ1v) is 6.29. The zero-order valence-corrected chi connectivity index (χ0v) is 9.92. The molecule has 2 fully saturated rings. The highest BCUT2D eigenvalue weighted by Crippen LogP contribution is 2.33. The standard InChI is InChI=1S/C12H20N2O2/c1-2-8-14-10(15)9-12(13-11(14)16)6-4-3-5-7-12/h2-9H2,1H3,(H,13,16). The van der Waals surface area contributed by atoms with Crippen LogP contribution in [0.2, 0.25) is 0 Å². The van der Waals surface area contributed by atoms with Gasteiger partial charge in [0, 0.05) is 6.54 Å². The Hall–Kier alpha value is -1.06. The lowest BCUT2D eigenvalue weighted by Crippen LogP contribution is -2.62. The van der Waals surface area contributed by atoms with Crippen molar-refractivity contribution in [2.45, 2.75) is 57.4 Å². The normalized spacial score (nSPS) is 24.7. The summed E-state index contributed by atoms with van der Waals surface area (Å²) in [5, 5.41) is 3.06. The molecule has 0 aromatic heterocycles. The van der Waals surface area contributed by atoms with E-state index in [9.17, 15) is 9.59 Å². The van der Waals surface area contributed by atoms with Gasteiger partial charge in [-0.3, -0.25) is 9.69 Å². The van der Waals surface area contributed by atoms with Crippen LogP contribution in [0, 0.1) is 0 Å². The fourth-order valence-electron chi connectivity index (χ4n) is 2.82. The van der Waals surface area contributed by atoms with Crippen LogP contribution in [-0.4, -0.2) is 28.9 Å². The van der Waals surface area contributed by atoms with Crippen LogP contribution >= 0.6 is 0 Å². The second-order valence-electron chi connectivity index (χ2n) is 4.99. The fourth-order valence-corrected chi connectivity index (χ4v) is 2.82. The third-order valence-electron chi connectivity index (χ3n) is 3.67. The second kappa shape index (κ2) is 4.44. The van der Waals surface area contributed by atoms with Crippen molar-refractivity contribution in [2.24, 2.45) is 0 Å². The largest absolute Gasteiger partial charge is 0.332 e. The summed E-state index contributed by atoms with van der Waals surface area (Å²) in [5.74, 6) is 0.00694. The van der Waals surface area contributed by atoms with Crippen molar-refractivity contribution in [1.82, 2.24) is 10.2 Å². The fraction of sp³-hybridized carbons (Fsp3) is 0.833. The SMILES string of the molecule is CCCN1C(=O)CC2(CCCCC2)NC1=O. The highest BCUT2D eigenvalue weighted by molar-refractivity contribution is 5.98. The molecule has 0 bridgehead atoms. The number of nitrogens with one attached hydrogen (secondary N) is 1. The molecule has 1 spiro atoms. The van der Waals surface area contributed by atoms with Gasteiger partial charge in [0.1, 0.15) is 0 Å². The Kier molecular flexibility index (Phi) is 3.17. The van der Waals surface area contributed by atoms with Crippen LogP contribution < -0.4 is 5.32 Å². The summed E-state index contributed by atoms with van der Waals surface area (Å²) in [6.45, 7) is 2.52. The highest BCUT2D eigenvalue weighted by Gasteiger charge is 2.42. The van der Waals surface area contributed by atoms with Gasteiger partial charge in [0.25, 0.3) is 0 Å². The first-order chi connectivity index (χ1) is 7.67. The Balaban J connectivity index is 2.07. The molecule has 0 radical (unpaired) electrons. The molecule has 2 rings (SSSR count). The average molecular weight is 224 g/mol. The monoisotopic (exact) mass is 224 g/mol. The maximum Gasteiger partial charge on any atom is 0.324 e. The van der Waals surface area contributed by atoms with Gasteiger partial charge in [-0.25, -0.2) is 4.79 Å². The van der Waals surface area contributed by atoms with Gasteiger partial charge in [-0.05, 0) is 19.3 Å². The van der Waals surface area contributed by atoms with Crippen molar-refractivity contribution in [3.8, 4) is 0 Å². The van der Waals surface area contributed by atoms with E-state index >= 15 is 0 Å². The Morgan fingerprint density at radius 2 is 1.94 bits per heavy atom. The maximum atomic E-state index is 11.9. The molecule has 1 saturated heterocycles. The van der Waals surface area contributed by atoms with Gasteiger partial charge in [-0.1, -0.05) is 26.2 Å². The molecule has 16 heavy (non-hydrogen) atoms. The molecule has 4 nitrogen and oxygen atoms in total. The predicted octanol–water partition coefficient (Wildman–Crippen LogP) is 2.04. The predicted molar refractivity (Wildman–Crippen MR) is 61.0 cm³/mol. The topological polar surface area (TPSA) is 49.4 Å². The highest BCUT2D eigenvalue weighted by atomic mass is 16.2. The molecule has 4 heteroatoms. The van der Waals surface area contributed by atoms with Crippen molar-refractivity contribution < 1.29 is 9.59 Å². The van der Waals surface area contributed by atoms with E-state index in [4.69, 9.17) is 0 Å². The molecule has 0 atom stereocenters. The van der Waals surface area contributed by atoms with E-state index in [0.29, 0.717) is 13.0 Å². The molecule has 2 aliphatic rings. The third-order valence-corrected chi connectivity index (χ3v) is 3.67. The number of carbonyl (C=O) groups is 2. The average Bonchev–Trinajstić information content (AvgIpc) is 2.24. The first kappa shape index (κ1) is 11.4.